The second kappa shape index (κ2) is 6.28. The van der Waals surface area contributed by atoms with E-state index in [1.807, 2.05) is 31.2 Å². The van der Waals surface area contributed by atoms with E-state index >= 15 is 0 Å². The fraction of sp³-hybridized carbons (Fsp3) is 0.500. The highest BCUT2D eigenvalue weighted by atomic mass is 16.5. The van der Waals surface area contributed by atoms with Gasteiger partial charge in [-0.1, -0.05) is 39.0 Å². The average molecular weight is 235 g/mol. The van der Waals surface area contributed by atoms with Gasteiger partial charge >= 0.3 is 0 Å². The Labute approximate surface area is 103 Å². The van der Waals surface area contributed by atoms with E-state index in [0.717, 1.165) is 17.7 Å². The standard InChI is InChI=1S/C14H21NO2/c1-4-10(3)11-8-6-7-9-13(11)17-12(5-2)14(15)16/h6-10,12H,4-5H2,1-3H3,(H2,15,16). The van der Waals surface area contributed by atoms with Crippen molar-refractivity contribution in [2.24, 2.45) is 5.73 Å². The van der Waals surface area contributed by atoms with Crippen molar-refractivity contribution in [2.75, 3.05) is 0 Å². The smallest absolute Gasteiger partial charge is 0.258 e. The van der Waals surface area contributed by atoms with E-state index in [1.165, 1.54) is 0 Å². The van der Waals surface area contributed by atoms with Crippen molar-refractivity contribution < 1.29 is 9.53 Å². The number of rotatable bonds is 6. The molecule has 0 heterocycles. The normalized spacial score (nSPS) is 14.1. The molecule has 0 radical (unpaired) electrons. The maximum atomic E-state index is 11.2. The van der Waals surface area contributed by atoms with Gasteiger partial charge in [0.2, 0.25) is 0 Å². The first-order chi connectivity index (χ1) is 8.10. The Hall–Kier alpha value is -1.51. The lowest BCUT2D eigenvalue weighted by molar-refractivity contribution is -0.124. The van der Waals surface area contributed by atoms with Gasteiger partial charge < -0.3 is 10.5 Å². The topological polar surface area (TPSA) is 52.3 Å². The summed E-state index contributed by atoms with van der Waals surface area (Å²) in [4.78, 5) is 11.2. The Bertz CT molecular complexity index is 376. The Morgan fingerprint density at radius 1 is 1.29 bits per heavy atom. The van der Waals surface area contributed by atoms with Crippen molar-refractivity contribution in [3.8, 4) is 5.75 Å². The van der Waals surface area contributed by atoms with Crippen molar-refractivity contribution in [1.29, 1.82) is 0 Å². The lowest BCUT2D eigenvalue weighted by Gasteiger charge is -2.19. The summed E-state index contributed by atoms with van der Waals surface area (Å²) in [5.74, 6) is 0.774. The Morgan fingerprint density at radius 3 is 2.47 bits per heavy atom. The maximum Gasteiger partial charge on any atom is 0.258 e. The van der Waals surface area contributed by atoms with Crippen LogP contribution < -0.4 is 10.5 Å². The minimum Gasteiger partial charge on any atom is -0.480 e. The summed E-state index contributed by atoms with van der Waals surface area (Å²) < 4.78 is 5.70. The zero-order valence-electron chi connectivity index (χ0n) is 10.8. The van der Waals surface area contributed by atoms with Crippen molar-refractivity contribution >= 4 is 5.91 Å². The molecular weight excluding hydrogens is 214 g/mol. The molecule has 0 bridgehead atoms. The summed E-state index contributed by atoms with van der Waals surface area (Å²) in [5, 5.41) is 0. The Kier molecular flexibility index (Phi) is 5.01. The van der Waals surface area contributed by atoms with E-state index in [-0.39, 0.29) is 0 Å². The zero-order valence-corrected chi connectivity index (χ0v) is 10.8. The van der Waals surface area contributed by atoms with Gasteiger partial charge in [0.1, 0.15) is 5.75 Å². The summed E-state index contributed by atoms with van der Waals surface area (Å²) in [5.41, 5.74) is 6.42. The lowest BCUT2D eigenvalue weighted by atomic mass is 9.98. The minimum absolute atomic E-state index is 0.411. The molecule has 1 aromatic rings. The largest absolute Gasteiger partial charge is 0.480 e. The van der Waals surface area contributed by atoms with Crippen LogP contribution in [0.15, 0.2) is 24.3 Å². The number of hydrogen-bond acceptors (Lipinski definition) is 2. The van der Waals surface area contributed by atoms with Crippen molar-refractivity contribution in [1.82, 2.24) is 0 Å². The molecule has 2 atom stereocenters. The zero-order chi connectivity index (χ0) is 12.8. The lowest BCUT2D eigenvalue weighted by Crippen LogP contribution is -2.33. The van der Waals surface area contributed by atoms with E-state index in [0.29, 0.717) is 12.3 Å². The number of amides is 1. The molecule has 0 aliphatic carbocycles. The van der Waals surface area contributed by atoms with Gasteiger partial charge in [-0.25, -0.2) is 0 Å². The predicted octanol–water partition coefficient (Wildman–Crippen LogP) is 2.84. The van der Waals surface area contributed by atoms with Gasteiger partial charge in [-0.05, 0) is 30.4 Å². The van der Waals surface area contributed by atoms with Crippen LogP contribution in [-0.2, 0) is 4.79 Å². The summed E-state index contributed by atoms with van der Waals surface area (Å²) in [7, 11) is 0. The highest BCUT2D eigenvalue weighted by Gasteiger charge is 2.17. The Balaban J connectivity index is 2.93. The monoisotopic (exact) mass is 235 g/mol. The molecule has 0 aromatic heterocycles. The number of primary amides is 1. The number of para-hydroxylation sites is 1. The highest BCUT2D eigenvalue weighted by Crippen LogP contribution is 2.29. The van der Waals surface area contributed by atoms with Gasteiger partial charge in [0.25, 0.3) is 5.91 Å². The summed E-state index contributed by atoms with van der Waals surface area (Å²) in [6.07, 6.45) is 1.08. The maximum absolute atomic E-state index is 11.2. The molecule has 2 N–H and O–H groups in total. The molecule has 1 aromatic carbocycles. The molecule has 0 saturated carbocycles. The SMILES string of the molecule is CCC(Oc1ccccc1C(C)CC)C(N)=O. The molecule has 0 aliphatic heterocycles. The molecular formula is C14H21NO2. The average Bonchev–Trinajstić information content (AvgIpc) is 2.35. The van der Waals surface area contributed by atoms with Crippen LogP contribution in [0.25, 0.3) is 0 Å². The van der Waals surface area contributed by atoms with Crippen LogP contribution in [0, 0.1) is 0 Å². The van der Waals surface area contributed by atoms with E-state index < -0.39 is 12.0 Å². The second-order valence-electron chi connectivity index (χ2n) is 4.26. The summed E-state index contributed by atoms with van der Waals surface area (Å²) in [6.45, 7) is 6.17. The molecule has 94 valence electrons. The molecule has 3 heteroatoms. The number of benzene rings is 1. The third-order valence-corrected chi connectivity index (χ3v) is 3.02. The van der Waals surface area contributed by atoms with Crippen LogP contribution in [0.5, 0.6) is 5.75 Å². The number of carbonyl (C=O) groups is 1. The van der Waals surface area contributed by atoms with Crippen molar-refractivity contribution in [3.63, 3.8) is 0 Å². The third kappa shape index (κ3) is 3.48. The molecule has 1 amide bonds. The molecule has 2 unspecified atom stereocenters. The quantitative estimate of drug-likeness (QED) is 0.824. The van der Waals surface area contributed by atoms with Gasteiger partial charge in [-0.15, -0.1) is 0 Å². The van der Waals surface area contributed by atoms with Gasteiger partial charge in [0.05, 0.1) is 0 Å². The first-order valence-corrected chi connectivity index (χ1v) is 6.15. The first-order valence-electron chi connectivity index (χ1n) is 6.15. The molecule has 17 heavy (non-hydrogen) atoms. The molecule has 0 aliphatic rings. The van der Waals surface area contributed by atoms with Crippen LogP contribution in [-0.4, -0.2) is 12.0 Å². The molecule has 3 nitrogen and oxygen atoms in total. The van der Waals surface area contributed by atoms with Crippen LogP contribution in [0.4, 0.5) is 0 Å². The first kappa shape index (κ1) is 13.6. The van der Waals surface area contributed by atoms with Crippen molar-refractivity contribution in [3.05, 3.63) is 29.8 Å². The molecule has 1 rings (SSSR count). The number of hydrogen-bond donors (Lipinski definition) is 1. The third-order valence-electron chi connectivity index (χ3n) is 3.02. The second-order valence-corrected chi connectivity index (χ2v) is 4.26. The highest BCUT2D eigenvalue weighted by molar-refractivity contribution is 5.79. The van der Waals surface area contributed by atoms with Crippen LogP contribution >= 0.6 is 0 Å². The molecule has 0 fully saturated rings. The van der Waals surface area contributed by atoms with Gasteiger partial charge in [0, 0.05) is 0 Å². The summed E-state index contributed by atoms with van der Waals surface area (Å²) in [6, 6.07) is 7.83. The number of nitrogens with two attached hydrogens (primary N) is 1. The summed E-state index contributed by atoms with van der Waals surface area (Å²) >= 11 is 0. The van der Waals surface area contributed by atoms with Crippen molar-refractivity contribution in [2.45, 2.75) is 45.6 Å². The van der Waals surface area contributed by atoms with E-state index in [9.17, 15) is 4.79 Å². The molecule has 0 spiro atoms. The van der Waals surface area contributed by atoms with Crippen LogP contribution in [0.1, 0.15) is 45.1 Å². The van der Waals surface area contributed by atoms with E-state index in [2.05, 4.69) is 13.8 Å². The van der Waals surface area contributed by atoms with Gasteiger partial charge in [0.15, 0.2) is 6.10 Å². The predicted molar refractivity (Wildman–Crippen MR) is 69.0 cm³/mol. The number of carbonyl (C=O) groups excluding carboxylic acids is 1. The fourth-order valence-corrected chi connectivity index (χ4v) is 1.71. The van der Waals surface area contributed by atoms with E-state index in [1.54, 1.807) is 0 Å². The van der Waals surface area contributed by atoms with Gasteiger partial charge in [-0.2, -0.15) is 0 Å². The van der Waals surface area contributed by atoms with Crippen LogP contribution in [0.2, 0.25) is 0 Å². The van der Waals surface area contributed by atoms with Crippen LogP contribution in [0.3, 0.4) is 0 Å². The van der Waals surface area contributed by atoms with Gasteiger partial charge in [-0.3, -0.25) is 4.79 Å². The van der Waals surface area contributed by atoms with E-state index in [4.69, 9.17) is 10.5 Å². The minimum atomic E-state index is -0.541. The Morgan fingerprint density at radius 2 is 1.94 bits per heavy atom. The fourth-order valence-electron chi connectivity index (χ4n) is 1.71. The number of ether oxygens (including phenoxy) is 1. The molecule has 0 saturated heterocycles.